The van der Waals surface area contributed by atoms with Gasteiger partial charge in [-0.15, -0.1) is 0 Å². The van der Waals surface area contributed by atoms with Crippen LogP contribution in [0.4, 0.5) is 8.78 Å². The third-order valence-electron chi connectivity index (χ3n) is 3.06. The molecule has 18 heavy (non-hydrogen) atoms. The van der Waals surface area contributed by atoms with E-state index in [-0.39, 0.29) is 17.2 Å². The molecule has 0 unspecified atom stereocenters. The van der Waals surface area contributed by atoms with Gasteiger partial charge in [0.15, 0.2) is 5.43 Å². The van der Waals surface area contributed by atoms with Crippen LogP contribution < -0.4 is 5.43 Å². The molecule has 1 aliphatic rings. The zero-order chi connectivity index (χ0) is 12.7. The summed E-state index contributed by atoms with van der Waals surface area (Å²) in [5.74, 6) is 0. The van der Waals surface area contributed by atoms with E-state index < -0.39 is 6.43 Å². The fraction of sp³-hybridized carbons (Fsp3) is 0.308. The lowest BCUT2D eigenvalue weighted by atomic mass is 10.1. The van der Waals surface area contributed by atoms with Gasteiger partial charge in [-0.1, -0.05) is 12.1 Å². The van der Waals surface area contributed by atoms with Crippen molar-refractivity contribution in [1.82, 2.24) is 4.57 Å². The summed E-state index contributed by atoms with van der Waals surface area (Å²) in [6.45, 7) is 0.948. The Kier molecular flexibility index (Phi) is 2.63. The van der Waals surface area contributed by atoms with Gasteiger partial charge in [0.25, 0.3) is 6.43 Å². The molecule has 0 radical (unpaired) electrons. The lowest BCUT2D eigenvalue weighted by Crippen LogP contribution is -2.17. The highest BCUT2D eigenvalue weighted by atomic mass is 19.3. The van der Waals surface area contributed by atoms with Crippen LogP contribution >= 0.6 is 0 Å². The van der Waals surface area contributed by atoms with Crippen LogP contribution in [-0.4, -0.2) is 17.3 Å². The van der Waals surface area contributed by atoms with Crippen LogP contribution in [0.5, 0.6) is 0 Å². The first-order chi connectivity index (χ1) is 8.66. The highest BCUT2D eigenvalue weighted by Crippen LogP contribution is 2.24. The van der Waals surface area contributed by atoms with Crippen molar-refractivity contribution in [2.45, 2.75) is 19.1 Å². The molecule has 0 aliphatic carbocycles. The predicted octanol–water partition coefficient (Wildman–Crippen LogP) is 2.34. The van der Waals surface area contributed by atoms with Crippen molar-refractivity contribution < 1.29 is 13.5 Å². The standard InChI is InChI=1S/C13H11F2NO2/c14-13(15)11-5-12(17)9-3-1-2-4-10(9)16(11)6-8-7-18-8/h1-5,8,13H,6-7H2/t8-/m1/s1. The molecule has 2 aromatic rings. The molecule has 1 saturated heterocycles. The van der Waals surface area contributed by atoms with Crippen LogP contribution in [0, 0.1) is 0 Å². The van der Waals surface area contributed by atoms with E-state index in [1.54, 1.807) is 24.3 Å². The molecule has 1 aliphatic heterocycles. The second kappa shape index (κ2) is 4.17. The van der Waals surface area contributed by atoms with Gasteiger partial charge in [-0.3, -0.25) is 4.79 Å². The zero-order valence-electron chi connectivity index (χ0n) is 9.48. The number of alkyl halides is 2. The SMILES string of the molecule is O=c1cc(C(F)F)n(C[C@@H]2CO2)c2ccccc12. The average Bonchev–Trinajstić information content (AvgIpc) is 3.16. The molecule has 1 atom stereocenters. The minimum atomic E-state index is -2.67. The van der Waals surface area contributed by atoms with Crippen molar-refractivity contribution in [2.24, 2.45) is 0 Å². The van der Waals surface area contributed by atoms with Crippen molar-refractivity contribution in [3.63, 3.8) is 0 Å². The Bertz CT molecular complexity index is 647. The number of epoxide rings is 1. The molecule has 5 heteroatoms. The highest BCUT2D eigenvalue weighted by molar-refractivity contribution is 5.79. The van der Waals surface area contributed by atoms with Crippen molar-refractivity contribution in [2.75, 3.05) is 6.61 Å². The van der Waals surface area contributed by atoms with Gasteiger partial charge in [-0.25, -0.2) is 8.78 Å². The van der Waals surface area contributed by atoms with Crippen LogP contribution in [0.25, 0.3) is 10.9 Å². The fourth-order valence-electron chi connectivity index (χ4n) is 2.11. The number of aromatic nitrogens is 1. The van der Waals surface area contributed by atoms with E-state index in [0.29, 0.717) is 24.1 Å². The Morgan fingerprint density at radius 2 is 2.11 bits per heavy atom. The molecule has 1 aromatic carbocycles. The summed E-state index contributed by atoms with van der Waals surface area (Å²) in [5.41, 5.74) is -0.0705. The number of hydrogen-bond donors (Lipinski definition) is 0. The number of halogens is 2. The minimum absolute atomic E-state index is 0.0200. The Labute approximate surface area is 102 Å². The Morgan fingerprint density at radius 1 is 1.39 bits per heavy atom. The quantitative estimate of drug-likeness (QED) is 0.785. The zero-order valence-corrected chi connectivity index (χ0v) is 9.48. The molecular weight excluding hydrogens is 240 g/mol. The van der Waals surface area contributed by atoms with Gasteiger partial charge in [-0.2, -0.15) is 0 Å². The lowest BCUT2D eigenvalue weighted by molar-refractivity contribution is 0.140. The third kappa shape index (κ3) is 1.90. The Balaban J connectivity index is 2.28. The summed E-state index contributed by atoms with van der Waals surface area (Å²) >= 11 is 0. The second-order valence-corrected chi connectivity index (χ2v) is 4.32. The van der Waals surface area contributed by atoms with E-state index in [9.17, 15) is 13.6 Å². The molecule has 0 saturated carbocycles. The summed E-state index contributed by atoms with van der Waals surface area (Å²) in [7, 11) is 0. The Morgan fingerprint density at radius 3 is 2.78 bits per heavy atom. The average molecular weight is 251 g/mol. The molecule has 3 nitrogen and oxygen atoms in total. The maximum absolute atomic E-state index is 13.0. The first-order valence-electron chi connectivity index (χ1n) is 5.69. The molecule has 0 bridgehead atoms. The van der Waals surface area contributed by atoms with Crippen molar-refractivity contribution >= 4 is 10.9 Å². The number of benzene rings is 1. The molecule has 0 amide bonds. The number of fused-ring (bicyclic) bond motifs is 1. The van der Waals surface area contributed by atoms with Gasteiger partial charge in [0.1, 0.15) is 0 Å². The second-order valence-electron chi connectivity index (χ2n) is 4.32. The molecule has 0 spiro atoms. The summed E-state index contributed by atoms with van der Waals surface area (Å²) < 4.78 is 32.6. The summed E-state index contributed by atoms with van der Waals surface area (Å²) in [5, 5.41) is 0.461. The number of hydrogen-bond acceptors (Lipinski definition) is 2. The summed E-state index contributed by atoms with van der Waals surface area (Å²) in [6, 6.07) is 7.82. The van der Waals surface area contributed by atoms with Crippen LogP contribution in [0.1, 0.15) is 12.1 Å². The van der Waals surface area contributed by atoms with Crippen LogP contribution in [-0.2, 0) is 11.3 Å². The molecule has 1 fully saturated rings. The van der Waals surface area contributed by atoms with Gasteiger partial charge in [0.2, 0.25) is 0 Å². The van der Waals surface area contributed by atoms with Crippen LogP contribution in [0.15, 0.2) is 35.1 Å². The molecule has 0 N–H and O–H groups in total. The number of ether oxygens (including phenoxy) is 1. The lowest BCUT2D eigenvalue weighted by Gasteiger charge is -2.15. The van der Waals surface area contributed by atoms with Gasteiger partial charge >= 0.3 is 0 Å². The molecule has 94 valence electrons. The largest absolute Gasteiger partial charge is 0.371 e. The fourth-order valence-corrected chi connectivity index (χ4v) is 2.11. The highest BCUT2D eigenvalue weighted by Gasteiger charge is 2.26. The minimum Gasteiger partial charge on any atom is -0.371 e. The number of rotatable bonds is 3. The first kappa shape index (κ1) is 11.3. The van der Waals surface area contributed by atoms with Crippen LogP contribution in [0.2, 0.25) is 0 Å². The normalized spacial score (nSPS) is 18.5. The van der Waals surface area contributed by atoms with E-state index in [1.165, 1.54) is 4.57 Å². The predicted molar refractivity (Wildman–Crippen MR) is 62.9 cm³/mol. The van der Waals surface area contributed by atoms with Gasteiger partial charge in [-0.05, 0) is 12.1 Å². The van der Waals surface area contributed by atoms with Crippen molar-refractivity contribution in [3.8, 4) is 0 Å². The molecule has 2 heterocycles. The number of para-hydroxylation sites is 1. The van der Waals surface area contributed by atoms with E-state index in [1.807, 2.05) is 0 Å². The molecule has 1 aromatic heterocycles. The number of pyridine rings is 1. The van der Waals surface area contributed by atoms with Crippen molar-refractivity contribution in [1.29, 1.82) is 0 Å². The Hall–Kier alpha value is -1.75. The van der Waals surface area contributed by atoms with E-state index in [0.717, 1.165) is 6.07 Å². The summed E-state index contributed by atoms with van der Waals surface area (Å²) in [6.07, 6.45) is -2.69. The first-order valence-corrected chi connectivity index (χ1v) is 5.69. The van der Waals surface area contributed by atoms with Crippen LogP contribution in [0.3, 0.4) is 0 Å². The summed E-state index contributed by atoms with van der Waals surface area (Å²) in [4.78, 5) is 11.8. The number of nitrogens with zero attached hydrogens (tertiary/aromatic N) is 1. The monoisotopic (exact) mass is 251 g/mol. The van der Waals surface area contributed by atoms with Gasteiger partial charge < -0.3 is 9.30 Å². The van der Waals surface area contributed by atoms with Gasteiger partial charge in [0.05, 0.1) is 30.5 Å². The van der Waals surface area contributed by atoms with E-state index >= 15 is 0 Å². The maximum atomic E-state index is 13.0. The molecular formula is C13H11F2NO2. The maximum Gasteiger partial charge on any atom is 0.278 e. The van der Waals surface area contributed by atoms with Gasteiger partial charge in [0, 0.05) is 11.5 Å². The van der Waals surface area contributed by atoms with Crippen molar-refractivity contribution in [3.05, 3.63) is 46.2 Å². The molecule has 3 rings (SSSR count). The smallest absolute Gasteiger partial charge is 0.278 e. The van der Waals surface area contributed by atoms with E-state index in [2.05, 4.69) is 0 Å². The topological polar surface area (TPSA) is 34.5 Å². The van der Waals surface area contributed by atoms with E-state index in [4.69, 9.17) is 4.74 Å². The third-order valence-corrected chi connectivity index (χ3v) is 3.06.